The van der Waals surface area contributed by atoms with E-state index in [1.54, 1.807) is 11.3 Å². The average molecular weight is 1070 g/mol. The van der Waals surface area contributed by atoms with Gasteiger partial charge in [0.2, 0.25) is 5.89 Å². The molecule has 0 aliphatic rings. The number of fused-ring (bicyclic) bond motifs is 8. The van der Waals surface area contributed by atoms with Gasteiger partial charge in [-0.15, -0.1) is 11.3 Å². The maximum absolute atomic E-state index is 5.99. The van der Waals surface area contributed by atoms with Crippen molar-refractivity contribution in [2.45, 2.75) is 0 Å². The van der Waals surface area contributed by atoms with E-state index in [0.717, 1.165) is 99.0 Å². The van der Waals surface area contributed by atoms with Crippen molar-refractivity contribution in [3.63, 3.8) is 0 Å². The van der Waals surface area contributed by atoms with Gasteiger partial charge in [-0.2, -0.15) is 0 Å². The molecule has 0 amide bonds. The highest BCUT2D eigenvalue weighted by Gasteiger charge is 2.18. The molecule has 6 heteroatoms. The highest BCUT2D eigenvalue weighted by molar-refractivity contribution is 7.21. The molecule has 0 bridgehead atoms. The van der Waals surface area contributed by atoms with Crippen LogP contribution in [0.3, 0.4) is 0 Å². The van der Waals surface area contributed by atoms with Crippen LogP contribution in [-0.4, -0.2) is 19.9 Å². The van der Waals surface area contributed by atoms with Gasteiger partial charge in [0.25, 0.3) is 0 Å². The predicted octanol–water partition coefficient (Wildman–Crippen LogP) is 20.9. The third kappa shape index (κ3) is 9.03. The molecule has 0 aliphatic carbocycles. The summed E-state index contributed by atoms with van der Waals surface area (Å²) in [4.78, 5) is 19.9. The number of thiazole rings is 1. The first-order chi connectivity index (χ1) is 40.6. The number of para-hydroxylation sites is 3. The van der Waals surface area contributed by atoms with Crippen LogP contribution in [0.25, 0.3) is 154 Å². The van der Waals surface area contributed by atoms with E-state index in [1.807, 2.05) is 36.4 Å². The Morgan fingerprint density at radius 2 is 0.683 bits per heavy atom. The monoisotopic (exact) mass is 1060 g/mol. The maximum Gasteiger partial charge on any atom is 0.227 e. The van der Waals surface area contributed by atoms with Crippen LogP contribution in [0.15, 0.2) is 296 Å². The second-order valence-corrected chi connectivity index (χ2v) is 21.5. The fraction of sp³-hybridized carbons (Fsp3) is 0. The lowest BCUT2D eigenvalue weighted by Crippen LogP contribution is -1.92. The molecule has 0 unspecified atom stereocenters. The Labute approximate surface area is 477 Å². The summed E-state index contributed by atoms with van der Waals surface area (Å²) in [5.74, 6) is 0.632. The zero-order chi connectivity index (χ0) is 54.3. The molecule has 0 N–H and O–H groups in total. The molecular weight excluding hydrogens is 1020 g/mol. The molecule has 5 nitrogen and oxygen atoms in total. The molecule has 16 aromatic rings. The van der Waals surface area contributed by atoms with Crippen LogP contribution >= 0.6 is 11.3 Å². The molecule has 82 heavy (non-hydrogen) atoms. The molecule has 0 atom stereocenters. The Kier molecular flexibility index (Phi) is 12.3. The van der Waals surface area contributed by atoms with Gasteiger partial charge in [-0.3, -0.25) is 0 Å². The summed E-state index contributed by atoms with van der Waals surface area (Å²) < 4.78 is 7.20. The summed E-state index contributed by atoms with van der Waals surface area (Å²) in [7, 11) is 0. The molecule has 4 aromatic heterocycles. The van der Waals surface area contributed by atoms with Crippen molar-refractivity contribution in [2.75, 3.05) is 0 Å². The lowest BCUT2D eigenvalue weighted by Gasteiger charge is -2.15. The first-order valence-electron chi connectivity index (χ1n) is 27.5. The quantitative estimate of drug-likeness (QED) is 0.142. The van der Waals surface area contributed by atoms with Gasteiger partial charge in [0.1, 0.15) is 10.5 Å². The zero-order valence-corrected chi connectivity index (χ0v) is 45.1. The zero-order valence-electron chi connectivity index (χ0n) is 44.3. The minimum atomic E-state index is 0.632. The fourth-order valence-electron chi connectivity index (χ4n) is 11.4. The second-order valence-electron chi connectivity index (χ2n) is 20.4. The molecule has 0 aliphatic heterocycles. The van der Waals surface area contributed by atoms with Crippen LogP contribution in [0.5, 0.6) is 0 Å². The van der Waals surface area contributed by atoms with E-state index in [9.17, 15) is 0 Å². The van der Waals surface area contributed by atoms with E-state index in [0.29, 0.717) is 5.89 Å². The first-order valence-corrected chi connectivity index (χ1v) is 28.3. The molecule has 0 saturated carbocycles. The van der Waals surface area contributed by atoms with Crippen molar-refractivity contribution in [1.29, 1.82) is 0 Å². The molecule has 0 saturated heterocycles. The van der Waals surface area contributed by atoms with E-state index in [2.05, 4.69) is 260 Å². The molecule has 12 aromatic carbocycles. The molecule has 384 valence electrons. The van der Waals surface area contributed by atoms with Crippen molar-refractivity contribution in [3.8, 4) is 89.0 Å². The number of nitrogens with zero attached hydrogens (tertiary/aromatic N) is 4. The van der Waals surface area contributed by atoms with Gasteiger partial charge in [-0.05, 0) is 105 Å². The summed E-state index contributed by atoms with van der Waals surface area (Å²) in [5, 5.41) is 8.10. The van der Waals surface area contributed by atoms with Crippen LogP contribution in [0, 0.1) is 0 Å². The summed E-state index contributed by atoms with van der Waals surface area (Å²) in [6.45, 7) is 0. The smallest absolute Gasteiger partial charge is 0.227 e. The summed E-state index contributed by atoms with van der Waals surface area (Å²) in [6.07, 6.45) is 0. The Balaban J connectivity index is 0.000000140. The SMILES string of the molecule is c1ccc(-c2nc3ccc(-c4ccc(-c5nc6ccccc6o5)cc4)cc3c3c(-c4ccccc4)cccc23)cc1.c1ccc(-c2nc3ccc(-c4ccc(-c5nc6ccccc6s5)cc4)cc3c3c(-c4ccccc4)cccc23)cc1. The molecule has 0 spiro atoms. The number of rotatable bonds is 8. The number of aromatic nitrogens is 4. The standard InChI is InChI=1S/C38H24N2O.C38H24N2S/c2*1-3-10-26(11-4-1)30-14-9-15-31-36(30)32-24-29(22-23-33(32)39-37(31)27-12-5-2-6-13-27)25-18-20-28(21-19-25)38-40-34-16-7-8-17-35(34)41-38/h2*1-24H. The molecular formula is C76H48N4OS. The van der Waals surface area contributed by atoms with Crippen LogP contribution in [0.1, 0.15) is 0 Å². The maximum atomic E-state index is 5.99. The Bertz CT molecular complexity index is 4620. The van der Waals surface area contributed by atoms with E-state index in [1.165, 1.54) is 48.9 Å². The summed E-state index contributed by atoms with van der Waals surface area (Å²) in [6, 6.07) is 102. The highest BCUT2D eigenvalue weighted by atomic mass is 32.1. The molecule has 0 radical (unpaired) electrons. The number of oxazole rings is 1. The normalized spacial score (nSPS) is 11.4. The number of pyridine rings is 2. The molecule has 16 rings (SSSR count). The van der Waals surface area contributed by atoms with Gasteiger partial charge in [-0.1, -0.05) is 231 Å². The fourth-order valence-corrected chi connectivity index (χ4v) is 12.4. The van der Waals surface area contributed by atoms with Crippen molar-refractivity contribution in [1.82, 2.24) is 19.9 Å². The largest absolute Gasteiger partial charge is 0.436 e. The van der Waals surface area contributed by atoms with E-state index in [-0.39, 0.29) is 0 Å². The van der Waals surface area contributed by atoms with Crippen LogP contribution in [0.2, 0.25) is 0 Å². The third-order valence-electron chi connectivity index (χ3n) is 15.4. The average Bonchev–Trinajstić information content (AvgIpc) is 3.44. The van der Waals surface area contributed by atoms with Crippen LogP contribution < -0.4 is 0 Å². The van der Waals surface area contributed by atoms with E-state index >= 15 is 0 Å². The van der Waals surface area contributed by atoms with Crippen molar-refractivity contribution >= 4 is 76.0 Å². The number of benzene rings is 12. The van der Waals surface area contributed by atoms with Crippen molar-refractivity contribution in [3.05, 3.63) is 291 Å². The number of hydrogen-bond acceptors (Lipinski definition) is 6. The van der Waals surface area contributed by atoms with E-state index < -0.39 is 0 Å². The molecule has 4 heterocycles. The van der Waals surface area contributed by atoms with Gasteiger partial charge in [0.15, 0.2) is 5.58 Å². The summed E-state index contributed by atoms with van der Waals surface area (Å²) in [5.41, 5.74) is 20.5. The Morgan fingerprint density at radius 3 is 1.18 bits per heavy atom. The lowest BCUT2D eigenvalue weighted by molar-refractivity contribution is 0.620. The lowest BCUT2D eigenvalue weighted by atomic mass is 9.91. The van der Waals surface area contributed by atoms with Gasteiger partial charge in [-0.25, -0.2) is 19.9 Å². The van der Waals surface area contributed by atoms with Gasteiger partial charge in [0.05, 0.1) is 32.6 Å². The van der Waals surface area contributed by atoms with Gasteiger partial charge >= 0.3 is 0 Å². The Hall–Kier alpha value is -10.7. The van der Waals surface area contributed by atoms with Gasteiger partial charge < -0.3 is 4.42 Å². The Morgan fingerprint density at radius 1 is 0.256 bits per heavy atom. The highest BCUT2D eigenvalue weighted by Crippen LogP contribution is 2.43. The minimum Gasteiger partial charge on any atom is -0.436 e. The van der Waals surface area contributed by atoms with E-state index in [4.69, 9.17) is 19.4 Å². The summed E-state index contributed by atoms with van der Waals surface area (Å²) >= 11 is 1.73. The van der Waals surface area contributed by atoms with Crippen molar-refractivity contribution in [2.24, 2.45) is 0 Å². The predicted molar refractivity (Wildman–Crippen MR) is 343 cm³/mol. The van der Waals surface area contributed by atoms with Gasteiger partial charge in [0, 0.05) is 54.6 Å². The first kappa shape index (κ1) is 48.5. The molecule has 0 fully saturated rings. The topological polar surface area (TPSA) is 64.7 Å². The van der Waals surface area contributed by atoms with Crippen LogP contribution in [0.4, 0.5) is 0 Å². The third-order valence-corrected chi connectivity index (χ3v) is 16.5. The van der Waals surface area contributed by atoms with Crippen molar-refractivity contribution < 1.29 is 4.42 Å². The van der Waals surface area contributed by atoms with Crippen LogP contribution in [-0.2, 0) is 0 Å². The number of hydrogen-bond donors (Lipinski definition) is 0. The minimum absolute atomic E-state index is 0.632. The second kappa shape index (κ2) is 20.9.